The van der Waals surface area contributed by atoms with Crippen LogP contribution in [0.3, 0.4) is 0 Å². The first-order chi connectivity index (χ1) is 15.0. The van der Waals surface area contributed by atoms with E-state index < -0.39 is 17.7 Å². The molecule has 3 aromatic rings. The Morgan fingerprint density at radius 3 is 2.06 bits per heavy atom. The minimum absolute atomic E-state index is 0.112. The van der Waals surface area contributed by atoms with Crippen molar-refractivity contribution in [2.75, 3.05) is 5.32 Å². The number of para-hydroxylation sites is 1. The molecule has 31 heavy (non-hydrogen) atoms. The molecule has 0 aromatic heterocycles. The zero-order valence-electron chi connectivity index (χ0n) is 16.5. The molecule has 1 atom stereocenters. The van der Waals surface area contributed by atoms with Crippen LogP contribution in [0.1, 0.15) is 38.8 Å². The van der Waals surface area contributed by atoms with Gasteiger partial charge < -0.3 is 5.32 Å². The van der Waals surface area contributed by atoms with E-state index in [2.05, 4.69) is 15.5 Å². The van der Waals surface area contributed by atoms with Crippen molar-refractivity contribution in [3.05, 3.63) is 95.1 Å². The Hall–Kier alpha value is -4.26. The average Bonchev–Trinajstić information content (AvgIpc) is 2.78. The number of amides is 1. The summed E-state index contributed by atoms with van der Waals surface area (Å²) >= 11 is 0. The van der Waals surface area contributed by atoms with Crippen molar-refractivity contribution in [3.63, 3.8) is 0 Å². The van der Waals surface area contributed by atoms with Crippen LogP contribution in [0.4, 0.5) is 11.4 Å². The number of nitrogens with one attached hydrogen (secondary N) is 1. The van der Waals surface area contributed by atoms with Crippen molar-refractivity contribution in [2.45, 2.75) is 13.0 Å². The predicted octanol–water partition coefficient (Wildman–Crippen LogP) is 4.14. The highest BCUT2D eigenvalue weighted by Crippen LogP contribution is 2.33. The van der Waals surface area contributed by atoms with Crippen LogP contribution in [0.15, 0.2) is 83.0 Å². The lowest BCUT2D eigenvalue weighted by atomic mass is 9.83. The molecule has 1 N–H and O–H groups in total. The fourth-order valence-corrected chi connectivity index (χ4v) is 3.38. The number of Topliss-reactive ketones (excluding diaryl/α,β-unsaturated/α-hetero) is 1. The molecule has 152 valence electrons. The van der Waals surface area contributed by atoms with Crippen LogP contribution in [-0.2, 0) is 9.59 Å². The largest absolute Gasteiger partial charge is 0.324 e. The summed E-state index contributed by atoms with van der Waals surface area (Å²) in [6.45, 7) is 1.24. The highest BCUT2D eigenvalue weighted by atomic mass is 16.2. The number of hydrogen-bond donors (Lipinski definition) is 1. The van der Waals surface area contributed by atoms with Gasteiger partial charge in [-0.2, -0.15) is 10.2 Å². The molecule has 0 saturated carbocycles. The lowest BCUT2D eigenvalue weighted by Crippen LogP contribution is -2.31. The van der Waals surface area contributed by atoms with E-state index in [-0.39, 0.29) is 33.9 Å². The van der Waals surface area contributed by atoms with Crippen LogP contribution < -0.4 is 5.32 Å². The van der Waals surface area contributed by atoms with Crippen molar-refractivity contribution >= 4 is 34.6 Å². The smallest absolute Gasteiger partial charge is 0.258 e. The highest BCUT2D eigenvalue weighted by molar-refractivity contribution is 6.30. The number of ketones is 3. The quantitative estimate of drug-likeness (QED) is 0.393. The van der Waals surface area contributed by atoms with Crippen molar-refractivity contribution in [3.8, 4) is 0 Å². The van der Waals surface area contributed by atoms with Crippen molar-refractivity contribution in [2.24, 2.45) is 10.2 Å². The summed E-state index contributed by atoms with van der Waals surface area (Å²) < 4.78 is 0. The fourth-order valence-electron chi connectivity index (χ4n) is 3.38. The third-order valence-electron chi connectivity index (χ3n) is 4.89. The van der Waals surface area contributed by atoms with Crippen LogP contribution in [0.2, 0.25) is 0 Å². The lowest BCUT2D eigenvalue weighted by molar-refractivity contribution is -0.126. The number of azo groups is 1. The van der Waals surface area contributed by atoms with Gasteiger partial charge in [0.2, 0.25) is 6.04 Å². The number of carbonyl (C=O) groups is 4. The topological polar surface area (TPSA) is 105 Å². The maximum absolute atomic E-state index is 13.0. The maximum atomic E-state index is 13.0. The third kappa shape index (κ3) is 3.81. The van der Waals surface area contributed by atoms with Gasteiger partial charge in [0.05, 0.1) is 11.3 Å². The summed E-state index contributed by atoms with van der Waals surface area (Å²) in [6, 6.07) is 18.5. The van der Waals surface area contributed by atoms with Crippen LogP contribution in [0.25, 0.3) is 0 Å². The lowest BCUT2D eigenvalue weighted by Gasteiger charge is -2.18. The van der Waals surface area contributed by atoms with Crippen LogP contribution >= 0.6 is 0 Å². The summed E-state index contributed by atoms with van der Waals surface area (Å²) in [5.74, 6) is -1.78. The summed E-state index contributed by atoms with van der Waals surface area (Å²) in [7, 11) is 0. The normalized spacial score (nSPS) is 13.5. The Balaban J connectivity index is 1.67. The Morgan fingerprint density at radius 2 is 1.39 bits per heavy atom. The molecular formula is C24H17N3O4. The van der Waals surface area contributed by atoms with Gasteiger partial charge in [-0.15, -0.1) is 0 Å². The van der Waals surface area contributed by atoms with E-state index in [9.17, 15) is 19.2 Å². The predicted molar refractivity (Wildman–Crippen MR) is 114 cm³/mol. The van der Waals surface area contributed by atoms with E-state index in [0.29, 0.717) is 11.3 Å². The second kappa shape index (κ2) is 8.23. The van der Waals surface area contributed by atoms with Gasteiger partial charge in [0.1, 0.15) is 0 Å². The zero-order chi connectivity index (χ0) is 22.0. The second-order valence-electron chi connectivity index (χ2n) is 6.99. The number of nitrogens with zero attached hydrogens (tertiary/aromatic N) is 2. The van der Waals surface area contributed by atoms with Crippen molar-refractivity contribution < 1.29 is 19.2 Å². The first-order valence-corrected chi connectivity index (χ1v) is 9.56. The van der Waals surface area contributed by atoms with E-state index in [4.69, 9.17) is 0 Å². The van der Waals surface area contributed by atoms with Crippen LogP contribution in [0.5, 0.6) is 0 Å². The molecule has 0 saturated heterocycles. The number of carbonyl (C=O) groups excluding carboxylic acids is 4. The Bertz CT molecular complexity index is 1250. The minimum atomic E-state index is -1.39. The van der Waals surface area contributed by atoms with Gasteiger partial charge in [-0.05, 0) is 25.1 Å². The highest BCUT2D eigenvalue weighted by Gasteiger charge is 2.31. The third-order valence-corrected chi connectivity index (χ3v) is 4.89. The molecule has 0 bridgehead atoms. The van der Waals surface area contributed by atoms with Crippen LogP contribution in [0, 0.1) is 0 Å². The molecule has 1 amide bonds. The number of benzene rings is 3. The summed E-state index contributed by atoms with van der Waals surface area (Å²) in [5, 5.41) is 10.6. The van der Waals surface area contributed by atoms with Gasteiger partial charge in [-0.1, -0.05) is 54.6 Å². The van der Waals surface area contributed by atoms with E-state index in [1.165, 1.54) is 13.0 Å². The van der Waals surface area contributed by atoms with Gasteiger partial charge >= 0.3 is 0 Å². The molecule has 0 fully saturated rings. The number of rotatable bonds is 5. The van der Waals surface area contributed by atoms with Gasteiger partial charge in [0.25, 0.3) is 5.91 Å². The maximum Gasteiger partial charge on any atom is 0.258 e. The van der Waals surface area contributed by atoms with Crippen molar-refractivity contribution in [1.29, 1.82) is 0 Å². The van der Waals surface area contributed by atoms with Crippen LogP contribution in [-0.4, -0.2) is 29.3 Å². The van der Waals surface area contributed by atoms with Crippen molar-refractivity contribution in [1.82, 2.24) is 0 Å². The minimum Gasteiger partial charge on any atom is -0.324 e. The molecule has 1 aliphatic carbocycles. The number of fused-ring (bicyclic) bond motifs is 2. The van der Waals surface area contributed by atoms with Gasteiger partial charge in [-0.3, -0.25) is 19.2 Å². The average molecular weight is 411 g/mol. The molecule has 0 heterocycles. The molecule has 0 radical (unpaired) electrons. The Kier molecular flexibility index (Phi) is 5.32. The molecular weight excluding hydrogens is 394 g/mol. The second-order valence-corrected chi connectivity index (χ2v) is 6.99. The zero-order valence-corrected chi connectivity index (χ0v) is 16.5. The van der Waals surface area contributed by atoms with Gasteiger partial charge in [-0.25, -0.2) is 0 Å². The summed E-state index contributed by atoms with van der Waals surface area (Å²) in [5.41, 5.74) is 1.59. The molecule has 1 aliphatic rings. The van der Waals surface area contributed by atoms with E-state index in [0.717, 1.165) is 0 Å². The Morgan fingerprint density at radius 1 is 0.774 bits per heavy atom. The summed E-state index contributed by atoms with van der Waals surface area (Å²) in [6.07, 6.45) is 0. The first kappa shape index (κ1) is 20.0. The number of hydrogen-bond acceptors (Lipinski definition) is 6. The standard InChI is InChI=1S/C24H17N3O4/c1-14(28)21(24(31)25-15-8-3-2-4-9-15)27-26-19-13-7-12-18-20(19)23(30)17-11-6-5-10-16(17)22(18)29/h2-13,21H,1H3,(H,25,31). The van der Waals surface area contributed by atoms with Gasteiger partial charge in [0.15, 0.2) is 17.3 Å². The van der Waals surface area contributed by atoms with E-state index in [1.807, 2.05) is 0 Å². The Labute approximate surface area is 177 Å². The van der Waals surface area contributed by atoms with E-state index in [1.54, 1.807) is 66.7 Å². The molecule has 0 aliphatic heterocycles. The number of anilines is 1. The monoisotopic (exact) mass is 411 g/mol. The SMILES string of the molecule is CC(=O)C(N=Nc1cccc2c1C(=O)c1ccccc1C2=O)C(=O)Nc1ccccc1. The van der Waals surface area contributed by atoms with E-state index >= 15 is 0 Å². The molecule has 3 aromatic carbocycles. The molecule has 7 heteroatoms. The fraction of sp³-hybridized carbons (Fsp3) is 0.0833. The molecule has 4 rings (SSSR count). The molecule has 7 nitrogen and oxygen atoms in total. The first-order valence-electron chi connectivity index (χ1n) is 9.56. The summed E-state index contributed by atoms with van der Waals surface area (Å²) in [4.78, 5) is 50.4. The van der Waals surface area contributed by atoms with Gasteiger partial charge in [0, 0.05) is 22.4 Å². The molecule has 1 unspecified atom stereocenters. The molecule has 0 spiro atoms.